The van der Waals surface area contributed by atoms with E-state index in [4.69, 9.17) is 4.74 Å². The lowest BCUT2D eigenvalue weighted by Crippen LogP contribution is -2.30. The first kappa shape index (κ1) is 19.0. The molecule has 1 unspecified atom stereocenters. The summed E-state index contributed by atoms with van der Waals surface area (Å²) in [4.78, 5) is 12.5. The Hall–Kier alpha value is -2.29. The Morgan fingerprint density at radius 1 is 1.00 bits per heavy atom. The lowest BCUT2D eigenvalue weighted by Gasteiger charge is -2.20. The van der Waals surface area contributed by atoms with Gasteiger partial charge in [0, 0.05) is 5.69 Å². The third kappa shape index (κ3) is 4.85. The van der Waals surface area contributed by atoms with Crippen molar-refractivity contribution in [2.45, 2.75) is 60.0 Å². The lowest BCUT2D eigenvalue weighted by molar-refractivity contribution is -0.122. The van der Waals surface area contributed by atoms with E-state index >= 15 is 0 Å². The summed E-state index contributed by atoms with van der Waals surface area (Å²) in [7, 11) is 0. The molecule has 134 valence electrons. The van der Waals surface area contributed by atoms with Crippen molar-refractivity contribution in [1.29, 1.82) is 0 Å². The van der Waals surface area contributed by atoms with Crippen molar-refractivity contribution in [3.8, 4) is 5.75 Å². The third-order valence-electron chi connectivity index (χ3n) is 4.33. The van der Waals surface area contributed by atoms with Gasteiger partial charge in [-0.1, -0.05) is 50.6 Å². The molecule has 3 nitrogen and oxygen atoms in total. The van der Waals surface area contributed by atoms with E-state index in [2.05, 4.69) is 45.1 Å². The van der Waals surface area contributed by atoms with Crippen molar-refractivity contribution in [2.24, 2.45) is 0 Å². The fourth-order valence-electron chi connectivity index (χ4n) is 2.89. The zero-order valence-electron chi connectivity index (χ0n) is 16.4. The predicted octanol–water partition coefficient (Wildman–Crippen LogP) is 5.32. The first-order valence-electron chi connectivity index (χ1n) is 8.74. The lowest BCUT2D eigenvalue weighted by atomic mass is 9.87. The van der Waals surface area contributed by atoms with Gasteiger partial charge in [0.15, 0.2) is 6.10 Å². The number of aryl methyl sites for hydroxylation is 3. The van der Waals surface area contributed by atoms with Crippen molar-refractivity contribution < 1.29 is 9.53 Å². The molecular formula is C22H29NO2. The Kier molecular flexibility index (Phi) is 5.56. The van der Waals surface area contributed by atoms with Crippen LogP contribution in [0.1, 0.15) is 49.9 Å². The second-order valence-corrected chi connectivity index (χ2v) is 7.80. The van der Waals surface area contributed by atoms with E-state index < -0.39 is 6.10 Å². The zero-order valence-corrected chi connectivity index (χ0v) is 16.4. The summed E-state index contributed by atoms with van der Waals surface area (Å²) in [5.74, 6) is 0.558. The number of rotatable bonds is 4. The summed E-state index contributed by atoms with van der Waals surface area (Å²) in [6, 6.07) is 12.1. The largest absolute Gasteiger partial charge is 0.481 e. The van der Waals surface area contributed by atoms with Crippen LogP contribution in [0.4, 0.5) is 5.69 Å². The normalized spacial score (nSPS) is 12.6. The Bertz CT molecular complexity index is 732. The molecule has 0 bridgehead atoms. The molecule has 0 aromatic heterocycles. The van der Waals surface area contributed by atoms with Crippen molar-refractivity contribution in [3.05, 3.63) is 58.7 Å². The number of benzene rings is 2. The van der Waals surface area contributed by atoms with Crippen LogP contribution in [0.5, 0.6) is 5.75 Å². The smallest absolute Gasteiger partial charge is 0.265 e. The van der Waals surface area contributed by atoms with Gasteiger partial charge in [-0.3, -0.25) is 4.79 Å². The van der Waals surface area contributed by atoms with Gasteiger partial charge in [0.25, 0.3) is 5.91 Å². The van der Waals surface area contributed by atoms with E-state index in [1.165, 1.54) is 11.1 Å². The van der Waals surface area contributed by atoms with Crippen LogP contribution >= 0.6 is 0 Å². The van der Waals surface area contributed by atoms with Gasteiger partial charge in [0.05, 0.1) is 0 Å². The average molecular weight is 339 g/mol. The van der Waals surface area contributed by atoms with E-state index in [0.29, 0.717) is 5.75 Å². The monoisotopic (exact) mass is 339 g/mol. The number of nitrogens with one attached hydrogen (secondary N) is 1. The number of hydrogen-bond donors (Lipinski definition) is 1. The van der Waals surface area contributed by atoms with Crippen LogP contribution in [0.15, 0.2) is 36.4 Å². The summed E-state index contributed by atoms with van der Waals surface area (Å²) < 4.78 is 5.81. The van der Waals surface area contributed by atoms with Crippen molar-refractivity contribution in [3.63, 3.8) is 0 Å². The first-order chi connectivity index (χ1) is 11.6. The molecule has 0 fully saturated rings. The molecule has 0 aliphatic carbocycles. The van der Waals surface area contributed by atoms with Gasteiger partial charge in [-0.05, 0) is 61.9 Å². The van der Waals surface area contributed by atoms with Gasteiger partial charge in [0.2, 0.25) is 0 Å². The average Bonchev–Trinajstić information content (AvgIpc) is 2.50. The minimum absolute atomic E-state index is 0.0992. The summed E-state index contributed by atoms with van der Waals surface area (Å²) in [6.07, 6.45) is -0.569. The molecule has 0 aliphatic rings. The maximum atomic E-state index is 12.5. The molecule has 1 amide bonds. The van der Waals surface area contributed by atoms with Crippen molar-refractivity contribution in [1.82, 2.24) is 0 Å². The summed E-state index contributed by atoms with van der Waals surface area (Å²) >= 11 is 0. The van der Waals surface area contributed by atoms with Crippen LogP contribution in [-0.2, 0) is 10.2 Å². The van der Waals surface area contributed by atoms with Crippen LogP contribution < -0.4 is 10.1 Å². The topological polar surface area (TPSA) is 38.3 Å². The van der Waals surface area contributed by atoms with Gasteiger partial charge in [-0.25, -0.2) is 0 Å². The molecule has 2 aromatic carbocycles. The Morgan fingerprint density at radius 2 is 1.52 bits per heavy atom. The van der Waals surface area contributed by atoms with Crippen LogP contribution in [0.25, 0.3) is 0 Å². The fourth-order valence-corrected chi connectivity index (χ4v) is 2.89. The maximum absolute atomic E-state index is 12.5. The molecule has 0 aliphatic heterocycles. The number of carbonyl (C=O) groups is 1. The van der Waals surface area contributed by atoms with Crippen LogP contribution in [0.2, 0.25) is 0 Å². The van der Waals surface area contributed by atoms with Gasteiger partial charge >= 0.3 is 0 Å². The summed E-state index contributed by atoms with van der Waals surface area (Å²) in [6.45, 7) is 14.4. The SMILES string of the molecule is Cc1cc(C)c(NC(=O)C(C)Oc2ccc(C(C)(C)C)cc2)c(C)c1. The molecule has 0 spiro atoms. The number of ether oxygens (including phenoxy) is 1. The highest BCUT2D eigenvalue weighted by atomic mass is 16.5. The highest BCUT2D eigenvalue weighted by Crippen LogP contribution is 2.25. The molecule has 0 radical (unpaired) electrons. The molecule has 1 atom stereocenters. The molecule has 2 aromatic rings. The molecule has 3 heteroatoms. The maximum Gasteiger partial charge on any atom is 0.265 e. The molecular weight excluding hydrogens is 310 g/mol. The zero-order chi connectivity index (χ0) is 18.8. The third-order valence-corrected chi connectivity index (χ3v) is 4.33. The number of anilines is 1. The number of amides is 1. The number of carbonyl (C=O) groups excluding carboxylic acids is 1. The van der Waals surface area contributed by atoms with Gasteiger partial charge in [-0.2, -0.15) is 0 Å². The van der Waals surface area contributed by atoms with E-state index in [1.807, 2.05) is 38.1 Å². The quantitative estimate of drug-likeness (QED) is 0.819. The second kappa shape index (κ2) is 7.30. The second-order valence-electron chi connectivity index (χ2n) is 7.80. The fraction of sp³-hybridized carbons (Fsp3) is 0.409. The van der Waals surface area contributed by atoms with E-state index in [0.717, 1.165) is 16.8 Å². The molecule has 0 saturated heterocycles. The number of hydrogen-bond acceptors (Lipinski definition) is 2. The van der Waals surface area contributed by atoms with Crippen molar-refractivity contribution >= 4 is 11.6 Å². The molecule has 0 heterocycles. The first-order valence-corrected chi connectivity index (χ1v) is 8.74. The standard InChI is InChI=1S/C22H29NO2/c1-14-12-15(2)20(16(3)13-14)23-21(24)17(4)25-19-10-8-18(9-11-19)22(5,6)7/h8-13,17H,1-7H3,(H,23,24). The highest BCUT2D eigenvalue weighted by molar-refractivity contribution is 5.95. The summed E-state index contributed by atoms with van der Waals surface area (Å²) in [5.41, 5.74) is 5.52. The Morgan fingerprint density at radius 3 is 2.00 bits per heavy atom. The van der Waals surface area contributed by atoms with Crippen LogP contribution in [-0.4, -0.2) is 12.0 Å². The van der Waals surface area contributed by atoms with Crippen LogP contribution in [0, 0.1) is 20.8 Å². The molecule has 1 N–H and O–H groups in total. The predicted molar refractivity (Wildman–Crippen MR) is 105 cm³/mol. The Labute approximate surface area is 151 Å². The molecule has 25 heavy (non-hydrogen) atoms. The van der Waals surface area contributed by atoms with Crippen molar-refractivity contribution in [2.75, 3.05) is 5.32 Å². The van der Waals surface area contributed by atoms with Gasteiger partial charge in [-0.15, -0.1) is 0 Å². The van der Waals surface area contributed by atoms with Crippen LogP contribution in [0.3, 0.4) is 0 Å². The van der Waals surface area contributed by atoms with Gasteiger partial charge < -0.3 is 10.1 Å². The molecule has 2 rings (SSSR count). The minimum atomic E-state index is -0.569. The van der Waals surface area contributed by atoms with E-state index in [1.54, 1.807) is 6.92 Å². The van der Waals surface area contributed by atoms with Gasteiger partial charge in [0.1, 0.15) is 5.75 Å². The van der Waals surface area contributed by atoms with E-state index in [9.17, 15) is 4.79 Å². The highest BCUT2D eigenvalue weighted by Gasteiger charge is 2.18. The van der Waals surface area contributed by atoms with E-state index in [-0.39, 0.29) is 11.3 Å². The molecule has 0 saturated carbocycles. The summed E-state index contributed by atoms with van der Waals surface area (Å²) in [5, 5.41) is 3.00. The Balaban J connectivity index is 2.06. The minimum Gasteiger partial charge on any atom is -0.481 e.